The van der Waals surface area contributed by atoms with Gasteiger partial charge >= 0.3 is 0 Å². The molecule has 25 heavy (non-hydrogen) atoms. The van der Waals surface area contributed by atoms with E-state index < -0.39 is 0 Å². The Morgan fingerprint density at radius 2 is 1.76 bits per heavy atom. The van der Waals surface area contributed by atoms with Gasteiger partial charge in [0.15, 0.2) is 5.82 Å². The van der Waals surface area contributed by atoms with Crippen molar-refractivity contribution in [2.24, 2.45) is 0 Å². The fourth-order valence-corrected chi connectivity index (χ4v) is 2.42. The number of nitrogens with one attached hydrogen (secondary N) is 1. The summed E-state index contributed by atoms with van der Waals surface area (Å²) in [4.78, 5) is 13.5. The first-order chi connectivity index (χ1) is 12.1. The predicted molar refractivity (Wildman–Crippen MR) is 99.8 cm³/mol. The van der Waals surface area contributed by atoms with E-state index in [0.29, 0.717) is 12.4 Å². The van der Waals surface area contributed by atoms with Gasteiger partial charge in [-0.15, -0.1) is 0 Å². The third-order valence-corrected chi connectivity index (χ3v) is 3.92. The van der Waals surface area contributed by atoms with Crippen molar-refractivity contribution >= 4 is 5.82 Å². The normalized spacial score (nSPS) is 11.8. The number of hydrogen-bond acceptors (Lipinski definition) is 5. The van der Waals surface area contributed by atoms with E-state index in [0.717, 1.165) is 28.5 Å². The minimum absolute atomic E-state index is 0.00960. The third-order valence-electron chi connectivity index (χ3n) is 3.92. The first kappa shape index (κ1) is 16.9. The van der Waals surface area contributed by atoms with Crippen LogP contribution < -0.4 is 10.1 Å². The molecular weight excluding hydrogens is 312 g/mol. The lowest BCUT2D eigenvalue weighted by atomic mass is 10.2. The van der Waals surface area contributed by atoms with Crippen molar-refractivity contribution in [1.29, 1.82) is 0 Å². The Morgan fingerprint density at radius 1 is 1.00 bits per heavy atom. The monoisotopic (exact) mass is 334 g/mol. The van der Waals surface area contributed by atoms with Gasteiger partial charge in [-0.05, 0) is 45.0 Å². The van der Waals surface area contributed by atoms with Crippen molar-refractivity contribution in [3.8, 4) is 17.3 Å². The third kappa shape index (κ3) is 4.32. The number of anilines is 1. The molecule has 0 saturated carbocycles. The highest BCUT2D eigenvalue weighted by atomic mass is 16.5. The molecule has 0 aliphatic heterocycles. The van der Waals surface area contributed by atoms with Crippen molar-refractivity contribution in [1.82, 2.24) is 15.0 Å². The van der Waals surface area contributed by atoms with Crippen molar-refractivity contribution in [3.05, 3.63) is 66.0 Å². The average Bonchev–Trinajstić information content (AvgIpc) is 2.64. The Labute approximate surface area is 148 Å². The fourth-order valence-electron chi connectivity index (χ4n) is 2.42. The molecule has 1 unspecified atom stereocenters. The highest BCUT2D eigenvalue weighted by Crippen LogP contribution is 2.20. The van der Waals surface area contributed by atoms with Crippen LogP contribution in [0.3, 0.4) is 0 Å². The topological polar surface area (TPSA) is 59.9 Å². The van der Waals surface area contributed by atoms with E-state index in [2.05, 4.69) is 20.3 Å². The van der Waals surface area contributed by atoms with Crippen LogP contribution in [0.15, 0.2) is 54.7 Å². The standard InChI is InChI=1S/C20H22N4O/c1-14(25-17-9-5-4-6-10-17)13-22-19-15(2)16(3)23-20(24-19)18-11-7-8-12-21-18/h4-12,14H,13H2,1-3H3,(H,22,23,24). The molecule has 0 radical (unpaired) electrons. The summed E-state index contributed by atoms with van der Waals surface area (Å²) in [6.07, 6.45) is 1.76. The largest absolute Gasteiger partial charge is 0.489 e. The van der Waals surface area contributed by atoms with Crippen molar-refractivity contribution in [2.45, 2.75) is 26.9 Å². The number of rotatable bonds is 6. The maximum Gasteiger partial charge on any atom is 0.180 e. The fraction of sp³-hybridized carbons (Fsp3) is 0.250. The summed E-state index contributed by atoms with van der Waals surface area (Å²) in [6.45, 7) is 6.68. The summed E-state index contributed by atoms with van der Waals surface area (Å²) < 4.78 is 5.90. The Balaban J connectivity index is 1.72. The van der Waals surface area contributed by atoms with Gasteiger partial charge in [-0.2, -0.15) is 0 Å². The van der Waals surface area contributed by atoms with Crippen molar-refractivity contribution in [2.75, 3.05) is 11.9 Å². The molecule has 5 heteroatoms. The van der Waals surface area contributed by atoms with E-state index in [-0.39, 0.29) is 6.10 Å². The molecule has 0 fully saturated rings. The van der Waals surface area contributed by atoms with E-state index in [1.807, 2.05) is 69.3 Å². The average molecular weight is 334 g/mol. The van der Waals surface area contributed by atoms with Gasteiger partial charge in [0.05, 0.1) is 6.54 Å². The molecule has 0 saturated heterocycles. The Bertz CT molecular complexity index is 822. The number of para-hydroxylation sites is 1. The maximum absolute atomic E-state index is 5.90. The SMILES string of the molecule is Cc1nc(-c2ccccn2)nc(NCC(C)Oc2ccccc2)c1C. The molecule has 1 atom stereocenters. The van der Waals surface area contributed by atoms with Crippen LogP contribution in [-0.2, 0) is 0 Å². The van der Waals surface area contributed by atoms with Crippen LogP contribution in [0.25, 0.3) is 11.5 Å². The highest BCUT2D eigenvalue weighted by Gasteiger charge is 2.12. The van der Waals surface area contributed by atoms with E-state index in [9.17, 15) is 0 Å². The summed E-state index contributed by atoms with van der Waals surface area (Å²) in [5, 5.41) is 3.38. The van der Waals surface area contributed by atoms with Gasteiger partial charge in [0, 0.05) is 17.5 Å². The van der Waals surface area contributed by atoms with Gasteiger partial charge in [-0.1, -0.05) is 24.3 Å². The minimum atomic E-state index is 0.00960. The first-order valence-electron chi connectivity index (χ1n) is 8.35. The van der Waals surface area contributed by atoms with E-state index in [4.69, 9.17) is 4.74 Å². The lowest BCUT2D eigenvalue weighted by Gasteiger charge is -2.17. The molecular formula is C20H22N4O. The second kappa shape index (κ2) is 7.75. The Morgan fingerprint density at radius 3 is 2.48 bits per heavy atom. The number of ether oxygens (including phenoxy) is 1. The first-order valence-corrected chi connectivity index (χ1v) is 8.35. The molecule has 1 aromatic carbocycles. The van der Waals surface area contributed by atoms with Gasteiger partial charge in [-0.3, -0.25) is 4.98 Å². The van der Waals surface area contributed by atoms with Gasteiger partial charge in [0.1, 0.15) is 23.4 Å². The minimum Gasteiger partial charge on any atom is -0.489 e. The molecule has 1 N–H and O–H groups in total. The lowest BCUT2D eigenvalue weighted by molar-refractivity contribution is 0.234. The van der Waals surface area contributed by atoms with Crippen LogP contribution in [0.5, 0.6) is 5.75 Å². The summed E-state index contributed by atoms with van der Waals surface area (Å²) in [5.74, 6) is 2.31. The summed E-state index contributed by atoms with van der Waals surface area (Å²) >= 11 is 0. The van der Waals surface area contributed by atoms with Crippen LogP contribution in [0.4, 0.5) is 5.82 Å². The maximum atomic E-state index is 5.90. The Kier molecular flexibility index (Phi) is 5.23. The molecule has 128 valence electrons. The van der Waals surface area contributed by atoms with Crippen LogP contribution in [0.2, 0.25) is 0 Å². The van der Waals surface area contributed by atoms with Crippen LogP contribution in [-0.4, -0.2) is 27.6 Å². The number of pyridine rings is 1. The van der Waals surface area contributed by atoms with Gasteiger partial charge < -0.3 is 10.1 Å². The number of nitrogens with zero attached hydrogens (tertiary/aromatic N) is 3. The zero-order valence-corrected chi connectivity index (χ0v) is 14.7. The second-order valence-electron chi connectivity index (χ2n) is 5.94. The van der Waals surface area contributed by atoms with E-state index in [1.165, 1.54) is 0 Å². The van der Waals surface area contributed by atoms with E-state index in [1.54, 1.807) is 6.20 Å². The summed E-state index contributed by atoms with van der Waals surface area (Å²) in [6, 6.07) is 15.5. The second-order valence-corrected chi connectivity index (χ2v) is 5.94. The zero-order valence-electron chi connectivity index (χ0n) is 14.7. The van der Waals surface area contributed by atoms with Crippen molar-refractivity contribution < 1.29 is 4.74 Å². The lowest BCUT2D eigenvalue weighted by Crippen LogP contribution is -2.23. The molecule has 0 amide bonds. The molecule has 2 heterocycles. The molecule has 0 bridgehead atoms. The Hall–Kier alpha value is -2.95. The molecule has 0 aliphatic carbocycles. The number of hydrogen-bond donors (Lipinski definition) is 1. The quantitative estimate of drug-likeness (QED) is 0.737. The van der Waals surface area contributed by atoms with Gasteiger partial charge in [0.25, 0.3) is 0 Å². The molecule has 3 rings (SSSR count). The van der Waals surface area contributed by atoms with E-state index >= 15 is 0 Å². The van der Waals surface area contributed by atoms with Crippen LogP contribution in [0.1, 0.15) is 18.2 Å². The van der Waals surface area contributed by atoms with Crippen molar-refractivity contribution in [3.63, 3.8) is 0 Å². The predicted octanol–water partition coefficient (Wildman–Crippen LogP) is 4.03. The molecule has 5 nitrogen and oxygen atoms in total. The highest BCUT2D eigenvalue weighted by molar-refractivity contribution is 5.56. The molecule has 0 spiro atoms. The summed E-state index contributed by atoms with van der Waals surface area (Å²) in [7, 11) is 0. The smallest absolute Gasteiger partial charge is 0.180 e. The number of benzene rings is 1. The number of aromatic nitrogens is 3. The zero-order chi connectivity index (χ0) is 17.6. The summed E-state index contributed by atoms with van der Waals surface area (Å²) in [5.41, 5.74) is 2.74. The van der Waals surface area contributed by atoms with Gasteiger partial charge in [-0.25, -0.2) is 9.97 Å². The van der Waals surface area contributed by atoms with Crippen LogP contribution >= 0.6 is 0 Å². The number of aryl methyl sites for hydroxylation is 1. The molecule has 3 aromatic rings. The van der Waals surface area contributed by atoms with Gasteiger partial charge in [0.2, 0.25) is 0 Å². The van der Waals surface area contributed by atoms with Crippen LogP contribution in [0, 0.1) is 13.8 Å². The molecule has 2 aromatic heterocycles. The molecule has 0 aliphatic rings.